The van der Waals surface area contributed by atoms with Crippen LogP contribution in [0, 0.1) is 0 Å². The number of aromatic nitrogens is 4. The first kappa shape index (κ1) is 19.8. The molecule has 0 spiro atoms. The molecule has 1 atom stereocenters. The first-order valence-corrected chi connectivity index (χ1v) is 11.0. The number of hydrogen-bond acceptors (Lipinski definition) is 7. The summed E-state index contributed by atoms with van der Waals surface area (Å²) in [5.74, 6) is 2.52. The van der Waals surface area contributed by atoms with Crippen LogP contribution in [0.3, 0.4) is 0 Å². The smallest absolute Gasteiger partial charge is 0.231 e. The number of fused-ring (bicyclic) bond motifs is 1. The molecule has 162 valence electrons. The van der Waals surface area contributed by atoms with Gasteiger partial charge in [0, 0.05) is 31.9 Å². The molecule has 0 bridgehead atoms. The van der Waals surface area contributed by atoms with Gasteiger partial charge in [0.2, 0.25) is 6.79 Å². The summed E-state index contributed by atoms with van der Waals surface area (Å²) in [6, 6.07) is 16.9. The van der Waals surface area contributed by atoms with Crippen LogP contribution >= 0.6 is 0 Å². The molecule has 3 heterocycles. The van der Waals surface area contributed by atoms with E-state index in [0.717, 1.165) is 61.9 Å². The Morgan fingerprint density at radius 2 is 1.77 bits per heavy atom. The molecule has 1 fully saturated rings. The highest BCUT2D eigenvalue weighted by Crippen LogP contribution is 2.33. The highest BCUT2D eigenvalue weighted by molar-refractivity contribution is 5.46. The van der Waals surface area contributed by atoms with Gasteiger partial charge in [-0.25, -0.2) is 4.68 Å². The number of nitrogens with zero attached hydrogens (tertiary/aromatic N) is 6. The summed E-state index contributed by atoms with van der Waals surface area (Å²) >= 11 is 0. The lowest BCUT2D eigenvalue weighted by molar-refractivity contribution is 0.164. The van der Waals surface area contributed by atoms with E-state index in [2.05, 4.69) is 62.6 Å². The van der Waals surface area contributed by atoms with Crippen LogP contribution in [0.2, 0.25) is 0 Å². The summed E-state index contributed by atoms with van der Waals surface area (Å²) in [4.78, 5) is 4.99. The summed E-state index contributed by atoms with van der Waals surface area (Å²) in [6.07, 6.45) is 2.12. The monoisotopic (exact) mass is 420 g/mol. The van der Waals surface area contributed by atoms with Crippen LogP contribution in [0.4, 0.5) is 5.69 Å². The Labute approximate surface area is 182 Å². The molecule has 0 radical (unpaired) electrons. The fourth-order valence-electron chi connectivity index (χ4n) is 4.45. The second-order valence-electron chi connectivity index (χ2n) is 8.05. The lowest BCUT2D eigenvalue weighted by Gasteiger charge is -2.39. The third-order valence-electron chi connectivity index (χ3n) is 6.07. The Balaban J connectivity index is 1.31. The van der Waals surface area contributed by atoms with Crippen molar-refractivity contribution in [1.29, 1.82) is 0 Å². The van der Waals surface area contributed by atoms with Gasteiger partial charge < -0.3 is 14.4 Å². The van der Waals surface area contributed by atoms with Gasteiger partial charge in [-0.3, -0.25) is 4.90 Å². The summed E-state index contributed by atoms with van der Waals surface area (Å²) in [6.45, 7) is 7.12. The third-order valence-corrected chi connectivity index (χ3v) is 6.07. The molecule has 1 aromatic heterocycles. The van der Waals surface area contributed by atoms with E-state index in [1.165, 1.54) is 5.69 Å². The predicted molar refractivity (Wildman–Crippen MR) is 117 cm³/mol. The minimum atomic E-state index is 0.215. The number of ether oxygens (including phenoxy) is 2. The zero-order chi connectivity index (χ0) is 21.0. The fraction of sp³-hybridized carbons (Fsp3) is 0.435. The molecule has 0 saturated carbocycles. The highest BCUT2D eigenvalue weighted by atomic mass is 16.7. The molecular formula is C23H28N6O2. The van der Waals surface area contributed by atoms with Crippen molar-refractivity contribution in [3.8, 4) is 11.5 Å². The SMILES string of the molecule is CCC[C@@H](c1nnnn1Cc1ccc2c(c1)OCO2)N1CCN(c2ccccc2)CC1. The highest BCUT2D eigenvalue weighted by Gasteiger charge is 2.29. The largest absolute Gasteiger partial charge is 0.454 e. The van der Waals surface area contributed by atoms with Gasteiger partial charge in [-0.15, -0.1) is 5.10 Å². The summed E-state index contributed by atoms with van der Waals surface area (Å²) in [5, 5.41) is 12.8. The predicted octanol–water partition coefficient (Wildman–Crippen LogP) is 3.11. The Bertz CT molecular complexity index is 1000. The molecule has 2 aliphatic heterocycles. The molecule has 31 heavy (non-hydrogen) atoms. The molecule has 3 aromatic rings. The van der Waals surface area contributed by atoms with Gasteiger partial charge in [-0.2, -0.15) is 0 Å². The van der Waals surface area contributed by atoms with Crippen molar-refractivity contribution < 1.29 is 9.47 Å². The Kier molecular flexibility index (Phi) is 5.71. The normalized spacial score (nSPS) is 17.1. The average molecular weight is 421 g/mol. The van der Waals surface area contributed by atoms with Gasteiger partial charge in [0.05, 0.1) is 12.6 Å². The minimum absolute atomic E-state index is 0.215. The number of piperazine rings is 1. The Hall–Kier alpha value is -3.13. The van der Waals surface area contributed by atoms with E-state index in [4.69, 9.17) is 9.47 Å². The number of benzene rings is 2. The van der Waals surface area contributed by atoms with E-state index in [1.54, 1.807) is 0 Å². The Morgan fingerprint density at radius 1 is 0.968 bits per heavy atom. The van der Waals surface area contributed by atoms with E-state index in [9.17, 15) is 0 Å². The van der Waals surface area contributed by atoms with Gasteiger partial charge in [0.15, 0.2) is 17.3 Å². The van der Waals surface area contributed by atoms with Crippen molar-refractivity contribution >= 4 is 5.69 Å². The third kappa shape index (κ3) is 4.20. The number of tetrazole rings is 1. The van der Waals surface area contributed by atoms with Gasteiger partial charge in [-0.1, -0.05) is 37.6 Å². The number of para-hydroxylation sites is 1. The van der Waals surface area contributed by atoms with E-state index < -0.39 is 0 Å². The molecule has 5 rings (SSSR count). The van der Waals surface area contributed by atoms with Crippen molar-refractivity contribution in [3.05, 3.63) is 59.9 Å². The molecule has 8 heteroatoms. The van der Waals surface area contributed by atoms with Crippen molar-refractivity contribution in [2.45, 2.75) is 32.4 Å². The number of hydrogen-bond donors (Lipinski definition) is 0. The van der Waals surface area contributed by atoms with Gasteiger partial charge in [-0.05, 0) is 46.7 Å². The molecule has 0 aliphatic carbocycles. The van der Waals surface area contributed by atoms with Crippen molar-refractivity contribution in [2.75, 3.05) is 37.9 Å². The van der Waals surface area contributed by atoms with E-state index in [0.29, 0.717) is 6.54 Å². The topological polar surface area (TPSA) is 68.5 Å². The standard InChI is InChI=1S/C23H28N6O2/c1-2-6-20(28-13-11-27(12-14-28)19-7-4-3-5-8-19)23-24-25-26-29(23)16-18-9-10-21-22(15-18)31-17-30-21/h3-5,7-10,15,20H,2,6,11-14,16-17H2,1H3/t20-/m0/s1. The first-order valence-electron chi connectivity index (χ1n) is 11.0. The number of anilines is 1. The molecule has 8 nitrogen and oxygen atoms in total. The molecule has 0 unspecified atom stereocenters. The van der Waals surface area contributed by atoms with Gasteiger partial charge in [0.1, 0.15) is 0 Å². The van der Waals surface area contributed by atoms with E-state index >= 15 is 0 Å². The fourth-order valence-corrected chi connectivity index (χ4v) is 4.45. The second-order valence-corrected chi connectivity index (χ2v) is 8.05. The maximum Gasteiger partial charge on any atom is 0.231 e. The van der Waals surface area contributed by atoms with E-state index in [-0.39, 0.29) is 12.8 Å². The summed E-state index contributed by atoms with van der Waals surface area (Å²) in [5.41, 5.74) is 2.39. The van der Waals surface area contributed by atoms with Crippen LogP contribution < -0.4 is 14.4 Å². The van der Waals surface area contributed by atoms with Crippen LogP contribution in [-0.4, -0.2) is 58.1 Å². The average Bonchev–Trinajstić information content (AvgIpc) is 3.47. The quantitative estimate of drug-likeness (QED) is 0.582. The molecule has 0 amide bonds. The molecule has 1 saturated heterocycles. The maximum atomic E-state index is 5.52. The van der Waals surface area contributed by atoms with Gasteiger partial charge in [0.25, 0.3) is 0 Å². The lowest BCUT2D eigenvalue weighted by Crippen LogP contribution is -2.48. The van der Waals surface area contributed by atoms with Crippen molar-refractivity contribution in [1.82, 2.24) is 25.1 Å². The molecule has 2 aliphatic rings. The zero-order valence-electron chi connectivity index (χ0n) is 17.9. The first-order chi connectivity index (χ1) is 15.3. The summed E-state index contributed by atoms with van der Waals surface area (Å²) in [7, 11) is 0. The zero-order valence-corrected chi connectivity index (χ0v) is 17.9. The van der Waals surface area contributed by atoms with Crippen LogP contribution in [0.15, 0.2) is 48.5 Å². The van der Waals surface area contributed by atoms with Crippen molar-refractivity contribution in [3.63, 3.8) is 0 Å². The van der Waals surface area contributed by atoms with E-state index in [1.807, 2.05) is 22.9 Å². The van der Waals surface area contributed by atoms with Crippen LogP contribution in [-0.2, 0) is 6.54 Å². The maximum absolute atomic E-state index is 5.52. The lowest BCUT2D eigenvalue weighted by atomic mass is 10.1. The Morgan fingerprint density at radius 3 is 2.58 bits per heavy atom. The van der Waals surface area contributed by atoms with Gasteiger partial charge >= 0.3 is 0 Å². The van der Waals surface area contributed by atoms with Crippen molar-refractivity contribution in [2.24, 2.45) is 0 Å². The second kappa shape index (κ2) is 8.93. The molecule has 0 N–H and O–H groups in total. The van der Waals surface area contributed by atoms with Crippen LogP contribution in [0.5, 0.6) is 11.5 Å². The van der Waals surface area contributed by atoms with Crippen LogP contribution in [0.1, 0.15) is 37.2 Å². The summed E-state index contributed by atoms with van der Waals surface area (Å²) < 4.78 is 12.9. The molecule has 2 aromatic carbocycles. The molecular weight excluding hydrogens is 392 g/mol. The number of rotatable bonds is 7. The minimum Gasteiger partial charge on any atom is -0.454 e. The van der Waals surface area contributed by atoms with Crippen LogP contribution in [0.25, 0.3) is 0 Å².